The second kappa shape index (κ2) is 3.62. The number of aliphatic hydroxyl groups is 1. The van der Waals surface area contributed by atoms with E-state index < -0.39 is 0 Å². The van der Waals surface area contributed by atoms with Gasteiger partial charge >= 0.3 is 0 Å². The van der Waals surface area contributed by atoms with Gasteiger partial charge in [0.25, 0.3) is 0 Å². The average molecular weight is 192 g/mol. The third kappa shape index (κ3) is 2.11. The fraction of sp³-hybridized carbons (Fsp3) is 0.875. The molecule has 12 heavy (non-hydrogen) atoms. The zero-order valence-electron chi connectivity index (χ0n) is 7.14. The van der Waals surface area contributed by atoms with Crippen LogP contribution in [0.3, 0.4) is 0 Å². The van der Waals surface area contributed by atoms with Crippen LogP contribution >= 0.6 is 11.6 Å². The van der Waals surface area contributed by atoms with Crippen molar-refractivity contribution < 1.29 is 9.90 Å². The van der Waals surface area contributed by atoms with E-state index in [1.54, 1.807) is 6.92 Å². The van der Waals surface area contributed by atoms with Crippen molar-refractivity contribution in [3.05, 3.63) is 0 Å². The summed E-state index contributed by atoms with van der Waals surface area (Å²) in [6, 6.07) is 0. The summed E-state index contributed by atoms with van der Waals surface area (Å²) in [5, 5.41) is 11.7. The molecule has 0 radical (unpaired) electrons. The van der Waals surface area contributed by atoms with Gasteiger partial charge in [-0.3, -0.25) is 4.79 Å². The highest BCUT2D eigenvalue weighted by Crippen LogP contribution is 2.34. The van der Waals surface area contributed by atoms with Crippen LogP contribution in [0.4, 0.5) is 0 Å². The summed E-state index contributed by atoms with van der Waals surface area (Å²) in [5.41, 5.74) is -0.308. The molecule has 0 aliphatic heterocycles. The van der Waals surface area contributed by atoms with Crippen molar-refractivity contribution in [1.29, 1.82) is 0 Å². The third-order valence-electron chi connectivity index (χ3n) is 2.22. The highest BCUT2D eigenvalue weighted by molar-refractivity contribution is 6.19. The predicted molar refractivity (Wildman–Crippen MR) is 47.1 cm³/mol. The number of aliphatic hydroxyl groups excluding tert-OH is 1. The molecular formula is C8H14ClNO2. The molecule has 0 aromatic heterocycles. The molecule has 1 aliphatic carbocycles. The maximum absolute atomic E-state index is 11.3. The van der Waals surface area contributed by atoms with Crippen molar-refractivity contribution in [3.63, 3.8) is 0 Å². The number of hydrogen-bond donors (Lipinski definition) is 2. The van der Waals surface area contributed by atoms with Crippen molar-refractivity contribution in [3.8, 4) is 0 Å². The van der Waals surface area contributed by atoms with Crippen LogP contribution < -0.4 is 5.32 Å². The molecule has 0 spiro atoms. The average Bonchev–Trinajstić information content (AvgIpc) is 2.84. The molecule has 1 saturated carbocycles. The van der Waals surface area contributed by atoms with Crippen LogP contribution in [0.1, 0.15) is 19.8 Å². The van der Waals surface area contributed by atoms with Gasteiger partial charge in [0.1, 0.15) is 0 Å². The van der Waals surface area contributed by atoms with E-state index in [0.717, 1.165) is 12.8 Å². The second-order valence-electron chi connectivity index (χ2n) is 3.48. The molecule has 0 aromatic carbocycles. The smallest absolute Gasteiger partial charge is 0.224 e. The zero-order chi connectivity index (χ0) is 9.19. The second-order valence-corrected chi connectivity index (χ2v) is 3.79. The lowest BCUT2D eigenvalue weighted by atomic mass is 10.2. The Kier molecular flexibility index (Phi) is 2.96. The van der Waals surface area contributed by atoms with Gasteiger partial charge in [-0.25, -0.2) is 0 Å². The number of carbonyl (C=O) groups excluding carboxylic acids is 1. The Morgan fingerprint density at radius 3 is 2.67 bits per heavy atom. The van der Waals surface area contributed by atoms with Crippen molar-refractivity contribution in [2.24, 2.45) is 5.92 Å². The predicted octanol–water partition coefficient (Wildman–Crippen LogP) is 0.502. The minimum Gasteiger partial charge on any atom is -0.394 e. The maximum Gasteiger partial charge on any atom is 0.224 e. The number of carbonyl (C=O) groups is 1. The Morgan fingerprint density at radius 2 is 2.33 bits per heavy atom. The van der Waals surface area contributed by atoms with Gasteiger partial charge < -0.3 is 10.4 Å². The van der Waals surface area contributed by atoms with Gasteiger partial charge in [-0.05, 0) is 12.8 Å². The lowest BCUT2D eigenvalue weighted by molar-refractivity contribution is -0.125. The quantitative estimate of drug-likeness (QED) is 0.636. The molecule has 1 unspecified atom stereocenters. The molecule has 0 bridgehead atoms. The summed E-state index contributed by atoms with van der Waals surface area (Å²) in [6.45, 7) is 1.81. The van der Waals surface area contributed by atoms with E-state index in [0.29, 0.717) is 5.88 Å². The van der Waals surface area contributed by atoms with E-state index in [9.17, 15) is 4.79 Å². The van der Waals surface area contributed by atoms with Gasteiger partial charge in [-0.2, -0.15) is 0 Å². The first-order chi connectivity index (χ1) is 5.63. The number of nitrogens with one attached hydrogen (secondary N) is 1. The first-order valence-corrected chi connectivity index (χ1v) is 4.66. The lowest BCUT2D eigenvalue weighted by Gasteiger charge is -2.16. The van der Waals surface area contributed by atoms with E-state index in [1.165, 1.54) is 0 Å². The van der Waals surface area contributed by atoms with Gasteiger partial charge in [0.2, 0.25) is 5.91 Å². The molecule has 0 saturated heterocycles. The van der Waals surface area contributed by atoms with E-state index in [4.69, 9.17) is 16.7 Å². The molecule has 2 N–H and O–H groups in total. The molecule has 3 nitrogen and oxygen atoms in total. The van der Waals surface area contributed by atoms with Crippen LogP contribution in [0.2, 0.25) is 0 Å². The number of rotatable bonds is 4. The minimum absolute atomic E-state index is 0.0355. The Balaban J connectivity index is 2.36. The Morgan fingerprint density at radius 1 is 1.75 bits per heavy atom. The molecule has 1 aliphatic rings. The Bertz CT molecular complexity index is 180. The van der Waals surface area contributed by atoms with Gasteiger partial charge in [0, 0.05) is 11.8 Å². The van der Waals surface area contributed by atoms with E-state index >= 15 is 0 Å². The lowest BCUT2D eigenvalue weighted by Crippen LogP contribution is -2.42. The van der Waals surface area contributed by atoms with E-state index in [1.807, 2.05) is 0 Å². The fourth-order valence-corrected chi connectivity index (χ4v) is 1.07. The molecule has 70 valence electrons. The maximum atomic E-state index is 11.3. The Labute approximate surface area is 77.1 Å². The standard InChI is InChI=1S/C8H14ClNO2/c1-6(4-9)7(12)10-8(5-11)2-3-8/h6,11H,2-5H2,1H3,(H,10,12). The van der Waals surface area contributed by atoms with Crippen molar-refractivity contribution in [1.82, 2.24) is 5.32 Å². The molecular weight excluding hydrogens is 178 g/mol. The zero-order valence-corrected chi connectivity index (χ0v) is 7.90. The van der Waals surface area contributed by atoms with Gasteiger partial charge in [0.05, 0.1) is 12.1 Å². The van der Waals surface area contributed by atoms with Gasteiger partial charge in [-0.1, -0.05) is 6.92 Å². The first-order valence-electron chi connectivity index (χ1n) is 4.12. The summed E-state index contributed by atoms with van der Waals surface area (Å²) >= 11 is 5.52. The normalized spacial score (nSPS) is 21.6. The molecule has 0 aromatic rings. The minimum atomic E-state index is -0.308. The molecule has 0 heterocycles. The highest BCUT2D eigenvalue weighted by Gasteiger charge is 2.43. The van der Waals surface area contributed by atoms with Crippen LogP contribution in [0.15, 0.2) is 0 Å². The number of hydrogen-bond acceptors (Lipinski definition) is 2. The molecule has 1 atom stereocenters. The summed E-state index contributed by atoms with van der Waals surface area (Å²) in [7, 11) is 0. The topological polar surface area (TPSA) is 49.3 Å². The van der Waals surface area contributed by atoms with Crippen LogP contribution in [0.5, 0.6) is 0 Å². The van der Waals surface area contributed by atoms with E-state index in [2.05, 4.69) is 5.32 Å². The molecule has 1 fully saturated rings. The summed E-state index contributed by atoms with van der Waals surface area (Å²) in [4.78, 5) is 11.3. The largest absolute Gasteiger partial charge is 0.394 e. The van der Waals surface area contributed by atoms with Crippen LogP contribution in [0, 0.1) is 5.92 Å². The van der Waals surface area contributed by atoms with Crippen molar-refractivity contribution in [2.75, 3.05) is 12.5 Å². The van der Waals surface area contributed by atoms with E-state index in [-0.39, 0.29) is 24.0 Å². The monoisotopic (exact) mass is 191 g/mol. The molecule has 1 rings (SSSR count). The molecule has 4 heteroatoms. The van der Waals surface area contributed by atoms with Crippen molar-refractivity contribution in [2.45, 2.75) is 25.3 Å². The summed E-state index contributed by atoms with van der Waals surface area (Å²) in [5.74, 6) is 0.0973. The van der Waals surface area contributed by atoms with Gasteiger partial charge in [0.15, 0.2) is 0 Å². The summed E-state index contributed by atoms with van der Waals surface area (Å²) in [6.07, 6.45) is 1.76. The number of halogens is 1. The highest BCUT2D eigenvalue weighted by atomic mass is 35.5. The number of amides is 1. The fourth-order valence-electron chi connectivity index (χ4n) is 0.928. The van der Waals surface area contributed by atoms with Gasteiger partial charge in [-0.15, -0.1) is 11.6 Å². The number of alkyl halides is 1. The van der Waals surface area contributed by atoms with Crippen molar-refractivity contribution >= 4 is 17.5 Å². The first kappa shape index (κ1) is 9.81. The van der Waals surface area contributed by atoms with Crippen LogP contribution in [-0.2, 0) is 4.79 Å². The third-order valence-corrected chi connectivity index (χ3v) is 2.69. The van der Waals surface area contributed by atoms with Crippen LogP contribution in [0.25, 0.3) is 0 Å². The molecule has 1 amide bonds. The van der Waals surface area contributed by atoms with Crippen LogP contribution in [-0.4, -0.2) is 29.0 Å². The Hall–Kier alpha value is -0.280. The summed E-state index contributed by atoms with van der Waals surface area (Å²) < 4.78 is 0. The SMILES string of the molecule is CC(CCl)C(=O)NC1(CO)CC1.